The van der Waals surface area contributed by atoms with Crippen LogP contribution in [0.5, 0.6) is 0 Å². The monoisotopic (exact) mass is 338 g/mol. The number of benzene rings is 1. The van der Waals surface area contributed by atoms with Crippen LogP contribution in [-0.2, 0) is 4.79 Å². The van der Waals surface area contributed by atoms with E-state index in [9.17, 15) is 9.90 Å². The van der Waals surface area contributed by atoms with Gasteiger partial charge in [-0.15, -0.1) is 0 Å². The number of carbonyl (C=O) groups excluding carboxylic acids is 1. The Morgan fingerprint density at radius 1 is 1.45 bits per heavy atom. The van der Waals surface area contributed by atoms with Gasteiger partial charge in [-0.2, -0.15) is 0 Å². The molecule has 1 aromatic carbocycles. The van der Waals surface area contributed by atoms with E-state index >= 15 is 0 Å². The van der Waals surface area contributed by atoms with Gasteiger partial charge < -0.3 is 15.3 Å². The van der Waals surface area contributed by atoms with Gasteiger partial charge in [0, 0.05) is 17.6 Å². The maximum Gasteiger partial charge on any atom is 0.240 e. The first-order chi connectivity index (χ1) is 9.65. The van der Waals surface area contributed by atoms with E-state index in [4.69, 9.17) is 0 Å². The summed E-state index contributed by atoms with van der Waals surface area (Å²) >= 11 is 3.49. The first kappa shape index (κ1) is 14.0. The number of hydrogen-bond acceptors (Lipinski definition) is 3. The molecule has 20 heavy (non-hydrogen) atoms. The van der Waals surface area contributed by atoms with E-state index in [1.807, 2.05) is 17.0 Å². The zero-order chi connectivity index (χ0) is 14.1. The van der Waals surface area contributed by atoms with Crippen molar-refractivity contribution in [3.05, 3.63) is 34.3 Å². The molecule has 3 rings (SSSR count). The molecule has 5 heteroatoms. The quantitative estimate of drug-likeness (QED) is 0.865. The van der Waals surface area contributed by atoms with E-state index in [-0.39, 0.29) is 18.0 Å². The first-order valence-electron chi connectivity index (χ1n) is 7.12. The highest BCUT2D eigenvalue weighted by atomic mass is 79.9. The average Bonchev–Trinajstić information content (AvgIpc) is 3.06. The molecule has 3 unspecified atom stereocenters. The molecule has 1 amide bonds. The number of amides is 1. The number of likely N-dealkylation sites (tertiary alicyclic amines) is 1. The maximum absolute atomic E-state index is 12.6. The van der Waals surface area contributed by atoms with Crippen LogP contribution in [0.4, 0.5) is 0 Å². The number of rotatable bonds is 2. The number of nitrogens with one attached hydrogen (secondary N) is 1. The predicted octanol–water partition coefficient (Wildman–Crippen LogP) is 1.84. The molecule has 2 aliphatic heterocycles. The second-order valence-electron chi connectivity index (χ2n) is 5.60. The molecule has 0 aliphatic carbocycles. The zero-order valence-corrected chi connectivity index (χ0v) is 12.8. The van der Waals surface area contributed by atoms with Crippen molar-refractivity contribution >= 4 is 21.8 Å². The van der Waals surface area contributed by atoms with Crippen LogP contribution >= 0.6 is 15.9 Å². The number of hydrogen-bond donors (Lipinski definition) is 2. The second kappa shape index (κ2) is 5.84. The van der Waals surface area contributed by atoms with E-state index in [1.165, 1.54) is 5.56 Å². The molecule has 0 bridgehead atoms. The third-order valence-corrected chi connectivity index (χ3v) is 4.67. The van der Waals surface area contributed by atoms with E-state index in [0.717, 1.165) is 23.9 Å². The number of aliphatic hydroxyl groups is 1. The van der Waals surface area contributed by atoms with E-state index in [2.05, 4.69) is 33.4 Å². The van der Waals surface area contributed by atoms with Crippen molar-refractivity contribution in [3.63, 3.8) is 0 Å². The van der Waals surface area contributed by atoms with Crippen molar-refractivity contribution in [1.29, 1.82) is 0 Å². The molecule has 108 valence electrons. The normalized spacial score (nSPS) is 29.9. The minimum Gasteiger partial charge on any atom is -0.392 e. The fraction of sp³-hybridized carbons (Fsp3) is 0.533. The van der Waals surface area contributed by atoms with Gasteiger partial charge in [-0.05, 0) is 37.0 Å². The molecule has 0 saturated carbocycles. The lowest BCUT2D eigenvalue weighted by Crippen LogP contribution is -2.43. The lowest BCUT2D eigenvalue weighted by Gasteiger charge is -2.28. The minimum absolute atomic E-state index is 0.129. The largest absolute Gasteiger partial charge is 0.392 e. The van der Waals surface area contributed by atoms with Crippen LogP contribution in [0, 0.1) is 0 Å². The maximum atomic E-state index is 12.6. The Hall–Kier alpha value is -0.910. The fourth-order valence-electron chi connectivity index (χ4n) is 3.20. The molecule has 0 radical (unpaired) electrons. The molecule has 0 spiro atoms. The third-order valence-electron chi connectivity index (χ3n) is 4.18. The van der Waals surface area contributed by atoms with Gasteiger partial charge in [-0.25, -0.2) is 0 Å². The van der Waals surface area contributed by atoms with Crippen molar-refractivity contribution in [2.75, 3.05) is 13.1 Å². The Labute approximate surface area is 127 Å². The Morgan fingerprint density at radius 2 is 2.30 bits per heavy atom. The standard InChI is InChI=1S/C15H19BrN2O2/c16-11-4-1-3-10(7-11)14-5-2-6-18(14)15(20)13-8-12(19)9-17-13/h1,3-4,7,12-14,17,19H,2,5-6,8-9H2. The SMILES string of the molecule is O=C(C1CC(O)CN1)N1CCCC1c1cccc(Br)c1. The first-order valence-corrected chi connectivity index (χ1v) is 7.92. The second-order valence-corrected chi connectivity index (χ2v) is 6.51. The highest BCUT2D eigenvalue weighted by Gasteiger charge is 2.36. The van der Waals surface area contributed by atoms with Crippen LogP contribution in [-0.4, -0.2) is 41.1 Å². The highest BCUT2D eigenvalue weighted by molar-refractivity contribution is 9.10. The van der Waals surface area contributed by atoms with Crippen LogP contribution in [0.25, 0.3) is 0 Å². The van der Waals surface area contributed by atoms with E-state index in [1.54, 1.807) is 0 Å². The van der Waals surface area contributed by atoms with Gasteiger partial charge in [-0.3, -0.25) is 4.79 Å². The summed E-state index contributed by atoms with van der Waals surface area (Å²) < 4.78 is 1.05. The zero-order valence-electron chi connectivity index (χ0n) is 11.3. The molecular weight excluding hydrogens is 320 g/mol. The average molecular weight is 339 g/mol. The molecule has 2 N–H and O–H groups in total. The van der Waals surface area contributed by atoms with Crippen LogP contribution in [0.1, 0.15) is 30.9 Å². The van der Waals surface area contributed by atoms with Gasteiger partial charge in [0.15, 0.2) is 0 Å². The summed E-state index contributed by atoms with van der Waals surface area (Å²) in [5.41, 5.74) is 1.18. The van der Waals surface area contributed by atoms with Crippen molar-refractivity contribution in [1.82, 2.24) is 10.2 Å². The predicted molar refractivity (Wildman–Crippen MR) is 80.2 cm³/mol. The van der Waals surface area contributed by atoms with Gasteiger partial charge in [0.05, 0.1) is 18.2 Å². The molecule has 2 heterocycles. The number of nitrogens with zero attached hydrogens (tertiary/aromatic N) is 1. The summed E-state index contributed by atoms with van der Waals surface area (Å²) in [5.74, 6) is 0.129. The topological polar surface area (TPSA) is 52.6 Å². The van der Waals surface area contributed by atoms with Crippen LogP contribution in [0.3, 0.4) is 0 Å². The molecule has 2 fully saturated rings. The summed E-state index contributed by atoms with van der Waals surface area (Å²) in [6, 6.07) is 8.13. The minimum atomic E-state index is -0.393. The van der Waals surface area contributed by atoms with Gasteiger partial charge >= 0.3 is 0 Å². The smallest absolute Gasteiger partial charge is 0.240 e. The number of β-amino-alcohol motifs (C(OH)–C–C–N with tert-alkyl or cyclic N) is 1. The Kier molecular flexibility index (Phi) is 4.10. The lowest BCUT2D eigenvalue weighted by molar-refractivity contribution is -0.134. The molecule has 4 nitrogen and oxygen atoms in total. The van der Waals surface area contributed by atoms with Crippen molar-refractivity contribution in [2.24, 2.45) is 0 Å². The van der Waals surface area contributed by atoms with Gasteiger partial charge in [0.1, 0.15) is 0 Å². The molecule has 3 atom stereocenters. The van der Waals surface area contributed by atoms with Gasteiger partial charge in [-0.1, -0.05) is 28.1 Å². The third kappa shape index (κ3) is 2.75. The molecular formula is C15H19BrN2O2. The summed E-state index contributed by atoms with van der Waals surface area (Å²) in [7, 11) is 0. The van der Waals surface area contributed by atoms with Gasteiger partial charge in [0.25, 0.3) is 0 Å². The number of carbonyl (C=O) groups is 1. The Balaban J connectivity index is 1.77. The molecule has 0 aromatic heterocycles. The summed E-state index contributed by atoms with van der Waals surface area (Å²) in [6.45, 7) is 1.33. The highest BCUT2D eigenvalue weighted by Crippen LogP contribution is 2.34. The summed E-state index contributed by atoms with van der Waals surface area (Å²) in [6.07, 6.45) is 2.19. The van der Waals surface area contributed by atoms with Gasteiger partial charge in [0.2, 0.25) is 5.91 Å². The van der Waals surface area contributed by atoms with Crippen LogP contribution in [0.2, 0.25) is 0 Å². The van der Waals surface area contributed by atoms with Crippen LogP contribution < -0.4 is 5.32 Å². The fourth-order valence-corrected chi connectivity index (χ4v) is 3.61. The van der Waals surface area contributed by atoms with E-state index in [0.29, 0.717) is 13.0 Å². The Morgan fingerprint density at radius 3 is 3.00 bits per heavy atom. The lowest BCUT2D eigenvalue weighted by atomic mass is 10.0. The number of halogens is 1. The summed E-state index contributed by atoms with van der Waals surface area (Å²) in [5, 5.41) is 12.7. The molecule has 2 aliphatic rings. The molecule has 1 aromatic rings. The summed E-state index contributed by atoms with van der Waals surface area (Å²) in [4.78, 5) is 14.6. The van der Waals surface area contributed by atoms with Crippen molar-refractivity contribution in [3.8, 4) is 0 Å². The Bertz CT molecular complexity index is 508. The van der Waals surface area contributed by atoms with E-state index < -0.39 is 6.10 Å². The molecule has 2 saturated heterocycles. The van der Waals surface area contributed by atoms with Crippen molar-refractivity contribution < 1.29 is 9.90 Å². The van der Waals surface area contributed by atoms with Crippen molar-refractivity contribution in [2.45, 2.75) is 37.5 Å². The van der Waals surface area contributed by atoms with Crippen LogP contribution in [0.15, 0.2) is 28.7 Å². The number of aliphatic hydroxyl groups excluding tert-OH is 1.